The zero-order chi connectivity index (χ0) is 49.9. The summed E-state index contributed by atoms with van der Waals surface area (Å²) in [6.45, 7) is 0. The normalized spacial score (nSPS) is 11.2. The van der Waals surface area contributed by atoms with Gasteiger partial charge in [0.15, 0.2) is 0 Å². The number of benzene rings is 13. The van der Waals surface area contributed by atoms with E-state index >= 15 is 0 Å². The SMILES string of the molecule is c1ccc(-c2cccc(-c3ccc(N(c4ccccc4-c4ccc5c(c4)c(-c4ccccc4)c(-c4ccccc4)c4ccccc45)c4c(-c5ccccc5)cccc4-c4ccccc4)cc3)c2-c2ccccc2)cc1. The molecule has 0 bridgehead atoms. The Hall–Kier alpha value is -9.82. The van der Waals surface area contributed by atoms with Crippen LogP contribution in [0.4, 0.5) is 17.1 Å². The largest absolute Gasteiger partial charge is 0.309 e. The van der Waals surface area contributed by atoms with Gasteiger partial charge in [0.25, 0.3) is 0 Å². The number of para-hydroxylation sites is 2. The predicted molar refractivity (Wildman–Crippen MR) is 320 cm³/mol. The third-order valence-electron chi connectivity index (χ3n) is 14.7. The first-order chi connectivity index (χ1) is 37.3. The van der Waals surface area contributed by atoms with Gasteiger partial charge in [-0.15, -0.1) is 0 Å². The molecule has 0 aliphatic carbocycles. The minimum atomic E-state index is 1.05. The molecule has 0 saturated heterocycles. The standard InChI is InChI=1S/C74H51N/c1-7-25-52(26-8-1)62-40-23-41-63(71(62)56-31-13-4-14-32-56)55-45-48-60(49-46-55)75(74-64(53-27-9-2-10-28-53)42-24-43-65(74)54-29-11-3-12-30-54)70-44-22-21-37-61(70)59-47-50-67-66-38-19-20-39-68(66)72(57-33-15-5-16-34-57)73(69(67)51-59)58-35-17-6-18-36-58/h1-51H. The first-order valence-electron chi connectivity index (χ1n) is 25.8. The van der Waals surface area contributed by atoms with Crippen LogP contribution in [0.1, 0.15) is 0 Å². The van der Waals surface area contributed by atoms with Crippen LogP contribution in [0.2, 0.25) is 0 Å². The van der Waals surface area contributed by atoms with Gasteiger partial charge in [0.2, 0.25) is 0 Å². The molecule has 0 unspecified atom stereocenters. The molecule has 0 aromatic heterocycles. The fourth-order valence-electron chi connectivity index (χ4n) is 11.3. The molecule has 0 atom stereocenters. The number of fused-ring (bicyclic) bond motifs is 3. The molecule has 352 valence electrons. The van der Waals surface area contributed by atoms with E-state index in [0.29, 0.717) is 0 Å². The highest BCUT2D eigenvalue weighted by Crippen LogP contribution is 2.51. The van der Waals surface area contributed by atoms with Gasteiger partial charge in [-0.05, 0) is 118 Å². The van der Waals surface area contributed by atoms with Gasteiger partial charge in [0.05, 0.1) is 11.4 Å². The van der Waals surface area contributed by atoms with Crippen LogP contribution in [0.5, 0.6) is 0 Å². The number of rotatable bonds is 11. The molecule has 0 amide bonds. The second-order valence-electron chi connectivity index (χ2n) is 19.1. The van der Waals surface area contributed by atoms with E-state index in [-0.39, 0.29) is 0 Å². The van der Waals surface area contributed by atoms with E-state index in [9.17, 15) is 0 Å². The Morgan fingerprint density at radius 3 is 1.05 bits per heavy atom. The summed E-state index contributed by atoms with van der Waals surface area (Å²) in [5, 5.41) is 4.92. The van der Waals surface area contributed by atoms with Gasteiger partial charge < -0.3 is 4.90 Å². The van der Waals surface area contributed by atoms with Gasteiger partial charge in [-0.3, -0.25) is 0 Å². The number of hydrogen-bond acceptors (Lipinski definition) is 1. The highest BCUT2D eigenvalue weighted by Gasteiger charge is 2.26. The zero-order valence-corrected chi connectivity index (χ0v) is 41.4. The second kappa shape index (κ2) is 20.0. The fraction of sp³-hybridized carbons (Fsp3) is 0. The third-order valence-corrected chi connectivity index (χ3v) is 14.7. The van der Waals surface area contributed by atoms with Crippen molar-refractivity contribution < 1.29 is 0 Å². The van der Waals surface area contributed by atoms with Gasteiger partial charge in [-0.25, -0.2) is 0 Å². The van der Waals surface area contributed by atoms with Crippen molar-refractivity contribution in [1.29, 1.82) is 0 Å². The molecule has 0 radical (unpaired) electrons. The molecule has 0 fully saturated rings. The first-order valence-corrected chi connectivity index (χ1v) is 25.8. The molecule has 1 heteroatoms. The Bertz CT molecular complexity index is 4060. The summed E-state index contributed by atoms with van der Waals surface area (Å²) in [4.78, 5) is 2.51. The van der Waals surface area contributed by atoms with Crippen LogP contribution in [-0.4, -0.2) is 0 Å². The van der Waals surface area contributed by atoms with Gasteiger partial charge in [0.1, 0.15) is 0 Å². The minimum Gasteiger partial charge on any atom is -0.309 e. The molecule has 0 N–H and O–H groups in total. The van der Waals surface area contributed by atoms with E-state index in [2.05, 4.69) is 314 Å². The quantitative estimate of drug-likeness (QED) is 0.117. The molecule has 1 nitrogen and oxygen atoms in total. The summed E-state index contributed by atoms with van der Waals surface area (Å²) in [6, 6.07) is 113. The van der Waals surface area contributed by atoms with Crippen LogP contribution in [0.25, 0.3) is 111 Å². The number of anilines is 3. The van der Waals surface area contributed by atoms with Crippen molar-refractivity contribution in [3.63, 3.8) is 0 Å². The molecular formula is C74H51N. The Morgan fingerprint density at radius 1 is 0.187 bits per heavy atom. The average molecular weight is 954 g/mol. The monoisotopic (exact) mass is 953 g/mol. The Kier molecular flexibility index (Phi) is 12.0. The molecule has 13 aromatic rings. The van der Waals surface area contributed by atoms with E-state index in [1.807, 2.05) is 0 Å². The third kappa shape index (κ3) is 8.47. The molecule has 13 rings (SSSR count). The van der Waals surface area contributed by atoms with E-state index in [1.165, 1.54) is 71.6 Å². The lowest BCUT2D eigenvalue weighted by Gasteiger charge is -2.32. The lowest BCUT2D eigenvalue weighted by molar-refractivity contribution is 1.28. The maximum Gasteiger partial charge on any atom is 0.0618 e. The molecular weight excluding hydrogens is 903 g/mol. The lowest BCUT2D eigenvalue weighted by Crippen LogP contribution is -2.14. The van der Waals surface area contributed by atoms with Crippen molar-refractivity contribution in [2.24, 2.45) is 0 Å². The van der Waals surface area contributed by atoms with Crippen molar-refractivity contribution in [3.8, 4) is 89.0 Å². The van der Waals surface area contributed by atoms with Crippen LogP contribution < -0.4 is 4.90 Å². The number of nitrogens with zero attached hydrogens (tertiary/aromatic N) is 1. The topological polar surface area (TPSA) is 3.24 Å². The summed E-state index contributed by atoms with van der Waals surface area (Å²) >= 11 is 0. The van der Waals surface area contributed by atoms with Crippen LogP contribution in [-0.2, 0) is 0 Å². The van der Waals surface area contributed by atoms with Crippen molar-refractivity contribution in [2.45, 2.75) is 0 Å². The van der Waals surface area contributed by atoms with Gasteiger partial charge in [-0.1, -0.05) is 285 Å². The maximum atomic E-state index is 2.51. The van der Waals surface area contributed by atoms with Crippen molar-refractivity contribution in [2.75, 3.05) is 4.90 Å². The summed E-state index contributed by atoms with van der Waals surface area (Å²) in [5.41, 5.74) is 22.1. The smallest absolute Gasteiger partial charge is 0.0618 e. The Balaban J connectivity index is 1.07. The van der Waals surface area contributed by atoms with Gasteiger partial charge in [0, 0.05) is 22.4 Å². The van der Waals surface area contributed by atoms with Crippen LogP contribution in [0.15, 0.2) is 309 Å². The van der Waals surface area contributed by atoms with Crippen LogP contribution >= 0.6 is 0 Å². The first kappa shape index (κ1) is 45.1. The van der Waals surface area contributed by atoms with E-state index in [1.54, 1.807) is 0 Å². The highest BCUT2D eigenvalue weighted by atomic mass is 15.1. The van der Waals surface area contributed by atoms with Crippen molar-refractivity contribution >= 4 is 38.6 Å². The second-order valence-corrected chi connectivity index (χ2v) is 19.1. The number of hydrogen-bond donors (Lipinski definition) is 0. The maximum absolute atomic E-state index is 2.51. The molecule has 0 spiro atoms. The average Bonchev–Trinajstić information content (AvgIpc) is 3.50. The summed E-state index contributed by atoms with van der Waals surface area (Å²) < 4.78 is 0. The predicted octanol–water partition coefficient (Wildman–Crippen LogP) is 20.8. The van der Waals surface area contributed by atoms with E-state index in [4.69, 9.17) is 0 Å². The minimum absolute atomic E-state index is 1.05. The van der Waals surface area contributed by atoms with E-state index < -0.39 is 0 Å². The highest BCUT2D eigenvalue weighted by molar-refractivity contribution is 6.22. The lowest BCUT2D eigenvalue weighted by atomic mass is 9.84. The molecule has 0 aliphatic heterocycles. The van der Waals surface area contributed by atoms with Crippen molar-refractivity contribution in [1.82, 2.24) is 0 Å². The molecule has 0 saturated carbocycles. The van der Waals surface area contributed by atoms with Crippen LogP contribution in [0, 0.1) is 0 Å². The molecule has 0 aliphatic rings. The van der Waals surface area contributed by atoms with Gasteiger partial charge in [-0.2, -0.15) is 0 Å². The Morgan fingerprint density at radius 2 is 0.533 bits per heavy atom. The molecule has 75 heavy (non-hydrogen) atoms. The molecule has 13 aromatic carbocycles. The van der Waals surface area contributed by atoms with E-state index in [0.717, 1.165) is 56.0 Å². The van der Waals surface area contributed by atoms with Gasteiger partial charge >= 0.3 is 0 Å². The fourth-order valence-corrected chi connectivity index (χ4v) is 11.3. The summed E-state index contributed by atoms with van der Waals surface area (Å²) in [5.74, 6) is 0. The van der Waals surface area contributed by atoms with Crippen molar-refractivity contribution in [3.05, 3.63) is 309 Å². The molecule has 0 heterocycles. The Labute approximate surface area is 439 Å². The summed E-state index contributed by atoms with van der Waals surface area (Å²) in [6.07, 6.45) is 0. The zero-order valence-electron chi connectivity index (χ0n) is 41.4. The summed E-state index contributed by atoms with van der Waals surface area (Å²) in [7, 11) is 0. The van der Waals surface area contributed by atoms with Crippen LogP contribution in [0.3, 0.4) is 0 Å².